The van der Waals surface area contributed by atoms with Crippen molar-refractivity contribution < 1.29 is 9.66 Å². The molecule has 1 aliphatic rings. The number of nitrogens with zero attached hydrogens (tertiary/aromatic N) is 2. The molecule has 6 nitrogen and oxygen atoms in total. The number of ether oxygens (including phenoxy) is 1. The number of rotatable bonds is 4. The fraction of sp³-hybridized carbons (Fsp3) is 0.250. The van der Waals surface area contributed by atoms with Crippen LogP contribution < -0.4 is 10.6 Å². The number of morpholine rings is 1. The number of nitrogen functional groups attached to an aromatic ring is 1. The minimum Gasteiger partial charge on any atom is -0.393 e. The highest BCUT2D eigenvalue weighted by Crippen LogP contribution is 2.33. The second kappa shape index (κ2) is 6.89. The zero-order valence-electron chi connectivity index (χ0n) is 12.5. The number of hydrogen-bond acceptors (Lipinski definition) is 6. The highest BCUT2D eigenvalue weighted by molar-refractivity contribution is 7.99. The van der Waals surface area contributed by atoms with Gasteiger partial charge >= 0.3 is 0 Å². The Morgan fingerprint density at radius 2 is 1.74 bits per heavy atom. The molecule has 2 aromatic carbocycles. The summed E-state index contributed by atoms with van der Waals surface area (Å²) in [5.74, 6) is 0. The molecular formula is C16H17N3O3S. The number of nitrogens with two attached hydrogens (primary N) is 1. The van der Waals surface area contributed by atoms with Gasteiger partial charge in [-0.1, -0.05) is 11.8 Å². The molecule has 0 saturated carbocycles. The highest BCUT2D eigenvalue weighted by Gasteiger charge is 2.13. The predicted octanol–water partition coefficient (Wildman–Crippen LogP) is 3.16. The van der Waals surface area contributed by atoms with Gasteiger partial charge in [0.25, 0.3) is 5.69 Å². The van der Waals surface area contributed by atoms with Gasteiger partial charge in [-0.15, -0.1) is 0 Å². The molecule has 3 rings (SSSR count). The molecule has 0 bridgehead atoms. The third-order valence-corrected chi connectivity index (χ3v) is 4.64. The van der Waals surface area contributed by atoms with Gasteiger partial charge in [0.2, 0.25) is 0 Å². The molecule has 0 unspecified atom stereocenters. The first-order valence-corrected chi connectivity index (χ1v) is 8.09. The fourth-order valence-corrected chi connectivity index (χ4v) is 3.31. The largest absolute Gasteiger partial charge is 0.393 e. The molecule has 1 saturated heterocycles. The van der Waals surface area contributed by atoms with E-state index in [1.165, 1.54) is 23.5 Å². The summed E-state index contributed by atoms with van der Waals surface area (Å²) in [5.41, 5.74) is 7.03. The second-order valence-corrected chi connectivity index (χ2v) is 6.32. The molecule has 7 heteroatoms. The molecule has 23 heavy (non-hydrogen) atoms. The Morgan fingerprint density at radius 1 is 1.09 bits per heavy atom. The van der Waals surface area contributed by atoms with Gasteiger partial charge in [-0.05, 0) is 36.4 Å². The maximum Gasteiger partial charge on any atom is 0.292 e. The zero-order chi connectivity index (χ0) is 16.2. The van der Waals surface area contributed by atoms with Crippen molar-refractivity contribution in [3.05, 3.63) is 52.6 Å². The minimum atomic E-state index is -0.471. The molecule has 1 heterocycles. The van der Waals surface area contributed by atoms with Crippen LogP contribution in [0.3, 0.4) is 0 Å². The summed E-state index contributed by atoms with van der Waals surface area (Å²) in [6, 6.07) is 13.1. The van der Waals surface area contributed by atoms with E-state index in [-0.39, 0.29) is 11.4 Å². The third kappa shape index (κ3) is 3.75. The Balaban J connectivity index is 1.70. The molecule has 0 aliphatic carbocycles. The maximum atomic E-state index is 10.8. The van der Waals surface area contributed by atoms with Crippen molar-refractivity contribution >= 4 is 28.8 Å². The second-order valence-electron chi connectivity index (χ2n) is 5.17. The summed E-state index contributed by atoms with van der Waals surface area (Å²) in [5, 5.41) is 10.8. The van der Waals surface area contributed by atoms with E-state index in [0.717, 1.165) is 36.1 Å². The lowest BCUT2D eigenvalue weighted by atomic mass is 10.2. The molecule has 2 aromatic rings. The smallest absolute Gasteiger partial charge is 0.292 e. The zero-order valence-corrected chi connectivity index (χ0v) is 13.3. The van der Waals surface area contributed by atoms with Crippen LogP contribution >= 0.6 is 11.8 Å². The van der Waals surface area contributed by atoms with Gasteiger partial charge < -0.3 is 15.4 Å². The van der Waals surface area contributed by atoms with Crippen molar-refractivity contribution in [3.63, 3.8) is 0 Å². The van der Waals surface area contributed by atoms with Gasteiger partial charge in [-0.3, -0.25) is 10.1 Å². The van der Waals surface area contributed by atoms with E-state index in [4.69, 9.17) is 10.5 Å². The normalized spacial score (nSPS) is 14.7. The molecule has 0 amide bonds. The Labute approximate surface area is 138 Å². The van der Waals surface area contributed by atoms with E-state index in [1.54, 1.807) is 12.1 Å². The number of nitro groups is 1. The van der Waals surface area contributed by atoms with E-state index in [0.29, 0.717) is 0 Å². The van der Waals surface area contributed by atoms with Crippen LogP contribution in [0.2, 0.25) is 0 Å². The number of anilines is 2. The van der Waals surface area contributed by atoms with Gasteiger partial charge in [0, 0.05) is 34.6 Å². The molecule has 120 valence electrons. The Kier molecular flexibility index (Phi) is 4.68. The SMILES string of the molecule is Nc1cc(Sc2ccc(N3CCOCC3)cc2)ccc1[N+](=O)[O-]. The minimum absolute atomic E-state index is 0.0583. The number of nitro benzene ring substituents is 1. The number of benzene rings is 2. The average molecular weight is 331 g/mol. The standard InChI is InChI=1S/C16H17N3O3S/c17-15-11-14(5-6-16(15)19(20)21)23-13-3-1-12(2-4-13)18-7-9-22-10-8-18/h1-6,11H,7-10,17H2. The van der Waals surface area contributed by atoms with E-state index >= 15 is 0 Å². The molecule has 1 fully saturated rings. The maximum absolute atomic E-state index is 10.8. The van der Waals surface area contributed by atoms with Crippen molar-refractivity contribution in [2.75, 3.05) is 36.9 Å². The number of hydrogen-bond donors (Lipinski definition) is 1. The molecule has 0 spiro atoms. The molecule has 0 radical (unpaired) electrons. The first kappa shape index (κ1) is 15.6. The predicted molar refractivity (Wildman–Crippen MR) is 91.1 cm³/mol. The van der Waals surface area contributed by atoms with Crippen LogP contribution in [-0.4, -0.2) is 31.2 Å². The lowest BCUT2D eigenvalue weighted by Gasteiger charge is -2.28. The monoisotopic (exact) mass is 331 g/mol. The van der Waals surface area contributed by atoms with Gasteiger partial charge in [0.05, 0.1) is 18.1 Å². The van der Waals surface area contributed by atoms with Crippen molar-refractivity contribution in [2.45, 2.75) is 9.79 Å². The van der Waals surface area contributed by atoms with E-state index in [1.807, 2.05) is 12.1 Å². The molecule has 0 atom stereocenters. The van der Waals surface area contributed by atoms with Gasteiger partial charge in [-0.25, -0.2) is 0 Å². The van der Waals surface area contributed by atoms with Crippen molar-refractivity contribution in [1.82, 2.24) is 0 Å². The third-order valence-electron chi connectivity index (χ3n) is 3.64. The molecule has 2 N–H and O–H groups in total. The van der Waals surface area contributed by atoms with Crippen LogP contribution in [0.25, 0.3) is 0 Å². The van der Waals surface area contributed by atoms with Crippen LogP contribution in [0, 0.1) is 10.1 Å². The van der Waals surface area contributed by atoms with E-state index < -0.39 is 4.92 Å². The topological polar surface area (TPSA) is 81.6 Å². The van der Waals surface area contributed by atoms with Gasteiger partial charge in [0.1, 0.15) is 5.69 Å². The summed E-state index contributed by atoms with van der Waals surface area (Å²) in [4.78, 5) is 14.6. The van der Waals surface area contributed by atoms with Crippen molar-refractivity contribution in [1.29, 1.82) is 0 Å². The average Bonchev–Trinajstić information content (AvgIpc) is 2.56. The summed E-state index contributed by atoms with van der Waals surface area (Å²) in [6.45, 7) is 3.34. The lowest BCUT2D eigenvalue weighted by Crippen LogP contribution is -2.36. The first-order valence-electron chi connectivity index (χ1n) is 7.28. The van der Waals surface area contributed by atoms with E-state index in [2.05, 4.69) is 17.0 Å². The molecular weight excluding hydrogens is 314 g/mol. The van der Waals surface area contributed by atoms with Crippen LogP contribution in [0.4, 0.5) is 17.1 Å². The quantitative estimate of drug-likeness (QED) is 0.526. The summed E-state index contributed by atoms with van der Waals surface area (Å²) in [7, 11) is 0. The molecule has 0 aromatic heterocycles. The fourth-order valence-electron chi connectivity index (χ4n) is 2.44. The Bertz CT molecular complexity index is 700. The van der Waals surface area contributed by atoms with Crippen LogP contribution in [-0.2, 0) is 4.74 Å². The highest BCUT2D eigenvalue weighted by atomic mass is 32.2. The van der Waals surface area contributed by atoms with Crippen molar-refractivity contribution in [3.8, 4) is 0 Å². The first-order chi connectivity index (χ1) is 11.1. The van der Waals surface area contributed by atoms with Gasteiger partial charge in [0.15, 0.2) is 0 Å². The van der Waals surface area contributed by atoms with Crippen molar-refractivity contribution in [2.24, 2.45) is 0 Å². The summed E-state index contributed by atoms with van der Waals surface area (Å²) in [6.07, 6.45) is 0. The van der Waals surface area contributed by atoms with Crippen LogP contribution in [0.1, 0.15) is 0 Å². The van der Waals surface area contributed by atoms with Gasteiger partial charge in [-0.2, -0.15) is 0 Å². The Hall–Kier alpha value is -2.25. The molecule has 1 aliphatic heterocycles. The Morgan fingerprint density at radius 3 is 2.35 bits per heavy atom. The summed E-state index contributed by atoms with van der Waals surface area (Å²) >= 11 is 1.53. The van der Waals surface area contributed by atoms with E-state index in [9.17, 15) is 10.1 Å². The summed E-state index contributed by atoms with van der Waals surface area (Å²) < 4.78 is 5.36. The van der Waals surface area contributed by atoms with Crippen LogP contribution in [0.5, 0.6) is 0 Å². The lowest BCUT2D eigenvalue weighted by molar-refractivity contribution is -0.383. The van der Waals surface area contributed by atoms with Crippen LogP contribution in [0.15, 0.2) is 52.3 Å².